The lowest BCUT2D eigenvalue weighted by Crippen LogP contribution is -2.63. The van der Waals surface area contributed by atoms with Gasteiger partial charge in [-0.15, -0.1) is 0 Å². The maximum absolute atomic E-state index is 12.3. The van der Waals surface area contributed by atoms with Gasteiger partial charge in [-0.25, -0.2) is 0 Å². The molecule has 6 rings (SSSR count). The van der Waals surface area contributed by atoms with Gasteiger partial charge >= 0.3 is 5.97 Å². The Morgan fingerprint density at radius 3 is 2.26 bits per heavy atom. The van der Waals surface area contributed by atoms with Gasteiger partial charge in [0.25, 0.3) is 0 Å². The van der Waals surface area contributed by atoms with E-state index in [1.165, 1.54) is 18.1 Å². The van der Waals surface area contributed by atoms with Crippen LogP contribution in [0.15, 0.2) is 23.3 Å². The molecule has 0 aromatic carbocycles. The topological polar surface area (TPSA) is 194 Å². The molecule has 326 valence electrons. The fourth-order valence-corrected chi connectivity index (χ4v) is 12.9. The Hall–Kier alpha value is -1.49. The maximum atomic E-state index is 12.3. The fraction of sp³-hybridized carbons (Fsp3) is 0.886. The van der Waals surface area contributed by atoms with Crippen molar-refractivity contribution in [3.05, 3.63) is 23.3 Å². The van der Waals surface area contributed by atoms with Gasteiger partial charge in [0.2, 0.25) is 0 Å². The van der Waals surface area contributed by atoms with Crippen LogP contribution in [0.3, 0.4) is 0 Å². The van der Waals surface area contributed by atoms with Gasteiger partial charge in [-0.05, 0) is 92.8 Å². The molecule has 0 aromatic heterocycles. The molecular weight excluding hydrogens is 736 g/mol. The van der Waals surface area contributed by atoms with Crippen LogP contribution in [0, 0.1) is 45.3 Å². The van der Waals surface area contributed by atoms with E-state index >= 15 is 0 Å². The molecule has 57 heavy (non-hydrogen) atoms. The van der Waals surface area contributed by atoms with E-state index in [9.17, 15) is 35.4 Å². The average Bonchev–Trinajstić information content (AvgIpc) is 3.37. The van der Waals surface area contributed by atoms with Crippen molar-refractivity contribution < 1.29 is 63.9 Å². The molecule has 0 amide bonds. The number of methoxy groups -OCH3 is 1. The zero-order valence-corrected chi connectivity index (χ0v) is 35.8. The molecule has 3 saturated carbocycles. The van der Waals surface area contributed by atoms with E-state index < -0.39 is 73.3 Å². The SMILES string of the molecule is COC1C=C2C(CCC(OC3OCC(O)C(O)C3O)C2(C)C)C2(C)CCC3(C)C(C(C)CCC=C(C)C)C(OC4OC(CO)C(O)C(O)C4OC(C)=O)CC3(C)C12. The Morgan fingerprint density at radius 2 is 1.63 bits per heavy atom. The summed E-state index contributed by atoms with van der Waals surface area (Å²) in [5.41, 5.74) is 1.38. The Labute approximate surface area is 339 Å². The van der Waals surface area contributed by atoms with E-state index in [0.717, 1.165) is 38.5 Å². The van der Waals surface area contributed by atoms with Crippen molar-refractivity contribution in [1.29, 1.82) is 0 Å². The molecule has 6 aliphatic rings. The molecule has 4 aliphatic carbocycles. The summed E-state index contributed by atoms with van der Waals surface area (Å²) in [5, 5.41) is 63.2. The molecule has 0 radical (unpaired) electrons. The monoisotopic (exact) mass is 808 g/mol. The number of ether oxygens (including phenoxy) is 6. The zero-order valence-electron chi connectivity index (χ0n) is 35.8. The standard InChI is InChI=1S/C44H72O13/c1-22(2)12-11-13-23(3)32-29(55-40-37(54-24(4)46)35(50)34(49)30(20-45)56-40)19-44(9)38-28(52-10)18-26-25(42(38,7)16-17-43(32,44)8)14-15-31(41(26,5)6)57-39-36(51)33(48)27(47)21-53-39/h12,18,23,25,27-40,45,47-51H,11,13-17,19-21H2,1-10H3. The highest BCUT2D eigenvalue weighted by molar-refractivity contribution is 5.66. The van der Waals surface area contributed by atoms with Gasteiger partial charge in [0.1, 0.15) is 36.6 Å². The summed E-state index contributed by atoms with van der Waals surface area (Å²) in [7, 11) is 1.78. The molecule has 0 spiro atoms. The molecule has 19 atom stereocenters. The van der Waals surface area contributed by atoms with E-state index in [-0.39, 0.29) is 64.8 Å². The summed E-state index contributed by atoms with van der Waals surface area (Å²) in [5.74, 6) is -0.0517. The second-order valence-corrected chi connectivity index (χ2v) is 19.9. The summed E-state index contributed by atoms with van der Waals surface area (Å²) in [6, 6.07) is 0. The van der Waals surface area contributed by atoms with Crippen LogP contribution in [0.4, 0.5) is 0 Å². The van der Waals surface area contributed by atoms with Crippen LogP contribution in [-0.4, -0.2) is 131 Å². The zero-order chi connectivity index (χ0) is 42.0. The van der Waals surface area contributed by atoms with Crippen LogP contribution >= 0.6 is 0 Å². The Kier molecular flexibility index (Phi) is 13.2. The molecule has 19 unspecified atom stereocenters. The van der Waals surface area contributed by atoms with E-state index in [2.05, 4.69) is 67.5 Å². The Bertz CT molecular complexity index is 1500. The minimum absolute atomic E-state index is 0.0509. The quantitative estimate of drug-likeness (QED) is 0.131. The van der Waals surface area contributed by atoms with Crippen molar-refractivity contribution in [2.24, 2.45) is 45.3 Å². The fourth-order valence-electron chi connectivity index (χ4n) is 12.9. The van der Waals surface area contributed by atoms with E-state index in [0.29, 0.717) is 6.42 Å². The second-order valence-electron chi connectivity index (χ2n) is 19.9. The summed E-state index contributed by atoms with van der Waals surface area (Å²) in [4.78, 5) is 12.3. The van der Waals surface area contributed by atoms with E-state index in [4.69, 9.17) is 28.4 Å². The lowest BCUT2D eigenvalue weighted by atomic mass is 9.38. The number of esters is 1. The van der Waals surface area contributed by atoms with Crippen LogP contribution in [0.2, 0.25) is 0 Å². The number of fused-ring (bicyclic) bond motifs is 5. The van der Waals surface area contributed by atoms with E-state index in [1.807, 2.05) is 0 Å². The first-order chi connectivity index (χ1) is 26.7. The predicted molar refractivity (Wildman–Crippen MR) is 209 cm³/mol. The van der Waals surface area contributed by atoms with Crippen molar-refractivity contribution in [2.45, 2.75) is 181 Å². The molecule has 2 saturated heterocycles. The van der Waals surface area contributed by atoms with Gasteiger partial charge in [-0.2, -0.15) is 0 Å². The van der Waals surface area contributed by atoms with Crippen LogP contribution in [-0.2, 0) is 33.2 Å². The van der Waals surface area contributed by atoms with Crippen molar-refractivity contribution >= 4 is 5.97 Å². The molecule has 2 heterocycles. The van der Waals surface area contributed by atoms with Gasteiger partial charge in [-0.3, -0.25) is 4.79 Å². The van der Waals surface area contributed by atoms with Gasteiger partial charge < -0.3 is 59.1 Å². The number of carbonyl (C=O) groups is 1. The first-order valence-electron chi connectivity index (χ1n) is 21.3. The molecule has 0 bridgehead atoms. The largest absolute Gasteiger partial charge is 0.454 e. The normalized spacial score (nSPS) is 48.5. The van der Waals surface area contributed by atoms with E-state index in [1.54, 1.807) is 7.11 Å². The highest BCUT2D eigenvalue weighted by Gasteiger charge is 2.72. The summed E-state index contributed by atoms with van der Waals surface area (Å²) in [6.07, 6.45) is -1.85. The Morgan fingerprint density at radius 1 is 0.930 bits per heavy atom. The highest BCUT2D eigenvalue weighted by Crippen LogP contribution is 2.75. The molecule has 5 fully saturated rings. The average molecular weight is 809 g/mol. The number of aliphatic hydroxyl groups is 6. The number of hydrogen-bond donors (Lipinski definition) is 6. The van der Waals surface area contributed by atoms with Gasteiger partial charge in [0, 0.05) is 25.4 Å². The molecule has 2 aliphatic heterocycles. The second kappa shape index (κ2) is 16.8. The number of carbonyl (C=O) groups excluding carboxylic acids is 1. The van der Waals surface area contributed by atoms with Gasteiger partial charge in [0.15, 0.2) is 18.7 Å². The summed E-state index contributed by atoms with van der Waals surface area (Å²) < 4.78 is 37.4. The third-order valence-electron chi connectivity index (χ3n) is 16.0. The lowest BCUT2D eigenvalue weighted by Gasteiger charge is -2.67. The summed E-state index contributed by atoms with van der Waals surface area (Å²) in [6.45, 7) is 18.7. The van der Waals surface area contributed by atoms with Crippen LogP contribution in [0.1, 0.15) is 107 Å². The molecule has 13 nitrogen and oxygen atoms in total. The number of allylic oxidation sites excluding steroid dienone is 2. The number of aliphatic hydroxyl groups excluding tert-OH is 6. The van der Waals surface area contributed by atoms with Crippen LogP contribution in [0.25, 0.3) is 0 Å². The first kappa shape index (κ1) is 45.0. The highest BCUT2D eigenvalue weighted by atomic mass is 16.7. The van der Waals surface area contributed by atoms with Crippen molar-refractivity contribution in [3.8, 4) is 0 Å². The Balaban J connectivity index is 1.36. The van der Waals surface area contributed by atoms with Crippen molar-refractivity contribution in [3.63, 3.8) is 0 Å². The smallest absolute Gasteiger partial charge is 0.303 e. The van der Waals surface area contributed by atoms with Crippen LogP contribution < -0.4 is 0 Å². The molecule has 13 heteroatoms. The maximum Gasteiger partial charge on any atom is 0.303 e. The van der Waals surface area contributed by atoms with Gasteiger partial charge in [0.05, 0.1) is 31.5 Å². The van der Waals surface area contributed by atoms with Crippen molar-refractivity contribution in [1.82, 2.24) is 0 Å². The first-order valence-corrected chi connectivity index (χ1v) is 21.3. The minimum atomic E-state index is -1.51. The minimum Gasteiger partial charge on any atom is -0.454 e. The molecule has 6 N–H and O–H groups in total. The lowest BCUT2D eigenvalue weighted by molar-refractivity contribution is -0.317. The number of hydrogen-bond acceptors (Lipinski definition) is 13. The predicted octanol–water partition coefficient (Wildman–Crippen LogP) is 3.79. The third-order valence-corrected chi connectivity index (χ3v) is 16.0. The number of rotatable bonds is 11. The van der Waals surface area contributed by atoms with Gasteiger partial charge in [-0.1, -0.05) is 64.8 Å². The third kappa shape index (κ3) is 7.72. The van der Waals surface area contributed by atoms with Crippen LogP contribution in [0.5, 0.6) is 0 Å². The molecule has 0 aromatic rings. The van der Waals surface area contributed by atoms with Crippen molar-refractivity contribution in [2.75, 3.05) is 20.3 Å². The summed E-state index contributed by atoms with van der Waals surface area (Å²) >= 11 is 0. The molecular formula is C44H72O13.